The van der Waals surface area contributed by atoms with Crippen molar-refractivity contribution in [3.63, 3.8) is 0 Å². The average molecular weight is 260 g/mol. The lowest BCUT2D eigenvalue weighted by Crippen LogP contribution is -2.29. The zero-order valence-electron chi connectivity index (χ0n) is 11.0. The first kappa shape index (κ1) is 13.1. The maximum Gasteiger partial charge on any atom is 0.0359 e. The van der Waals surface area contributed by atoms with Crippen LogP contribution in [0.25, 0.3) is 0 Å². The first-order valence-corrected chi connectivity index (χ1v) is 7.19. The minimum absolute atomic E-state index is 0.504. The molecule has 0 amide bonds. The average Bonchev–Trinajstić information content (AvgIpc) is 2.83. The topological polar surface area (TPSA) is 29.3 Å². The summed E-state index contributed by atoms with van der Waals surface area (Å²) in [5.41, 5.74) is 9.49. The molecule has 1 aromatic heterocycles. The maximum atomic E-state index is 6.02. The van der Waals surface area contributed by atoms with E-state index in [0.29, 0.717) is 6.04 Å². The van der Waals surface area contributed by atoms with Crippen LogP contribution in [0.3, 0.4) is 0 Å². The molecule has 0 bridgehead atoms. The second kappa shape index (κ2) is 6.03. The van der Waals surface area contributed by atoms with E-state index in [2.05, 4.69) is 47.7 Å². The van der Waals surface area contributed by atoms with Crippen molar-refractivity contribution in [1.29, 1.82) is 0 Å². The molecule has 2 rings (SSSR count). The third-order valence-electron chi connectivity index (χ3n) is 3.12. The Morgan fingerprint density at radius 2 is 1.94 bits per heavy atom. The van der Waals surface area contributed by atoms with E-state index in [1.165, 1.54) is 11.1 Å². The molecule has 0 aliphatic rings. The van der Waals surface area contributed by atoms with Gasteiger partial charge in [0.15, 0.2) is 0 Å². The zero-order valence-corrected chi connectivity index (χ0v) is 11.8. The Balaban J connectivity index is 2.09. The summed E-state index contributed by atoms with van der Waals surface area (Å²) >= 11 is 1.75. The van der Waals surface area contributed by atoms with Gasteiger partial charge >= 0.3 is 0 Å². The van der Waals surface area contributed by atoms with Crippen molar-refractivity contribution < 1.29 is 0 Å². The summed E-state index contributed by atoms with van der Waals surface area (Å²) in [6, 6.07) is 10.8. The summed E-state index contributed by atoms with van der Waals surface area (Å²) in [4.78, 5) is 2.44. The fourth-order valence-corrected chi connectivity index (χ4v) is 2.59. The number of nitrogens with two attached hydrogens (primary N) is 1. The molecular weight excluding hydrogens is 240 g/mol. The van der Waals surface area contributed by atoms with Gasteiger partial charge in [0.25, 0.3) is 0 Å². The third-order valence-corrected chi connectivity index (χ3v) is 3.86. The maximum absolute atomic E-state index is 6.02. The fraction of sp³-hybridized carbons (Fsp3) is 0.333. The summed E-state index contributed by atoms with van der Waals surface area (Å²) < 4.78 is 0. The van der Waals surface area contributed by atoms with Crippen LogP contribution in [0.1, 0.15) is 25.0 Å². The Kier molecular flexibility index (Phi) is 4.39. The van der Waals surface area contributed by atoms with Crippen LogP contribution in [0.4, 0.5) is 5.69 Å². The number of hydrogen-bond donors (Lipinski definition) is 1. The van der Waals surface area contributed by atoms with Crippen LogP contribution in [-0.2, 0) is 13.1 Å². The van der Waals surface area contributed by atoms with Crippen LogP contribution in [0.2, 0.25) is 0 Å². The van der Waals surface area contributed by atoms with Crippen LogP contribution in [0, 0.1) is 0 Å². The smallest absolute Gasteiger partial charge is 0.0359 e. The van der Waals surface area contributed by atoms with Gasteiger partial charge in [-0.2, -0.15) is 11.3 Å². The highest BCUT2D eigenvalue weighted by atomic mass is 32.1. The minimum atomic E-state index is 0.504. The Labute approximate surface area is 113 Å². The first-order valence-electron chi connectivity index (χ1n) is 6.25. The minimum Gasteiger partial charge on any atom is -0.398 e. The predicted octanol–water partition coefficient (Wildman–Crippen LogP) is 3.74. The molecule has 0 spiro atoms. The first-order chi connectivity index (χ1) is 8.66. The molecule has 0 aliphatic heterocycles. The van der Waals surface area contributed by atoms with E-state index >= 15 is 0 Å². The second-order valence-corrected chi connectivity index (χ2v) is 5.61. The van der Waals surface area contributed by atoms with Gasteiger partial charge in [-0.15, -0.1) is 0 Å². The molecule has 2 nitrogen and oxygen atoms in total. The van der Waals surface area contributed by atoms with Crippen LogP contribution < -0.4 is 5.73 Å². The molecule has 18 heavy (non-hydrogen) atoms. The Morgan fingerprint density at radius 1 is 1.17 bits per heavy atom. The number of thiophene rings is 1. The van der Waals surface area contributed by atoms with Gasteiger partial charge in [-0.05, 0) is 47.9 Å². The zero-order chi connectivity index (χ0) is 13.0. The molecule has 1 heterocycles. The molecule has 96 valence electrons. The molecule has 3 heteroatoms. The van der Waals surface area contributed by atoms with E-state index in [0.717, 1.165) is 18.8 Å². The highest BCUT2D eigenvalue weighted by molar-refractivity contribution is 7.07. The van der Waals surface area contributed by atoms with E-state index in [9.17, 15) is 0 Å². The Morgan fingerprint density at radius 3 is 2.56 bits per heavy atom. The van der Waals surface area contributed by atoms with Crippen LogP contribution in [0.15, 0.2) is 41.1 Å². The lowest BCUT2D eigenvalue weighted by atomic mass is 10.1. The van der Waals surface area contributed by atoms with Crippen molar-refractivity contribution in [3.8, 4) is 0 Å². The van der Waals surface area contributed by atoms with E-state index < -0.39 is 0 Å². The number of benzene rings is 1. The predicted molar refractivity (Wildman–Crippen MR) is 79.6 cm³/mol. The molecule has 2 N–H and O–H groups in total. The van der Waals surface area contributed by atoms with Gasteiger partial charge in [-0.25, -0.2) is 0 Å². The van der Waals surface area contributed by atoms with Crippen molar-refractivity contribution >= 4 is 17.0 Å². The Bertz CT molecular complexity index is 477. The van der Waals surface area contributed by atoms with Crippen LogP contribution in [0.5, 0.6) is 0 Å². The van der Waals surface area contributed by atoms with Crippen molar-refractivity contribution in [3.05, 3.63) is 52.2 Å². The molecule has 0 radical (unpaired) electrons. The molecule has 0 saturated carbocycles. The number of para-hydroxylation sites is 1. The van der Waals surface area contributed by atoms with Gasteiger partial charge in [0.2, 0.25) is 0 Å². The largest absolute Gasteiger partial charge is 0.398 e. The van der Waals surface area contributed by atoms with E-state index in [4.69, 9.17) is 5.73 Å². The van der Waals surface area contributed by atoms with Gasteiger partial charge < -0.3 is 5.73 Å². The fourth-order valence-electron chi connectivity index (χ4n) is 1.94. The summed E-state index contributed by atoms with van der Waals surface area (Å²) in [5.74, 6) is 0. The summed E-state index contributed by atoms with van der Waals surface area (Å²) in [6.45, 7) is 6.34. The quantitative estimate of drug-likeness (QED) is 0.830. The lowest BCUT2D eigenvalue weighted by Gasteiger charge is -2.26. The number of anilines is 1. The van der Waals surface area contributed by atoms with E-state index in [1.807, 2.05) is 12.1 Å². The SMILES string of the molecule is CC(C)N(Cc1ccsc1)Cc1ccccc1N. The van der Waals surface area contributed by atoms with Crippen LogP contribution >= 0.6 is 11.3 Å². The molecule has 0 aliphatic carbocycles. The normalized spacial score (nSPS) is 11.3. The number of nitrogens with zero attached hydrogens (tertiary/aromatic N) is 1. The van der Waals surface area contributed by atoms with Gasteiger partial charge in [-0.3, -0.25) is 4.90 Å². The molecule has 2 aromatic rings. The van der Waals surface area contributed by atoms with Crippen molar-refractivity contribution in [2.24, 2.45) is 0 Å². The molecule has 0 saturated heterocycles. The standard InChI is InChI=1S/C15H20N2S/c1-12(2)17(9-13-7-8-18-11-13)10-14-5-3-4-6-15(14)16/h3-8,11-12H,9-10,16H2,1-2H3. The van der Waals surface area contributed by atoms with E-state index in [1.54, 1.807) is 11.3 Å². The third kappa shape index (κ3) is 3.34. The van der Waals surface area contributed by atoms with Crippen LogP contribution in [-0.4, -0.2) is 10.9 Å². The van der Waals surface area contributed by atoms with Gasteiger partial charge in [0, 0.05) is 24.8 Å². The highest BCUT2D eigenvalue weighted by Crippen LogP contribution is 2.18. The molecule has 0 unspecified atom stereocenters. The lowest BCUT2D eigenvalue weighted by molar-refractivity contribution is 0.204. The summed E-state index contributed by atoms with van der Waals surface area (Å²) in [7, 11) is 0. The molecule has 0 atom stereocenters. The Hall–Kier alpha value is -1.32. The summed E-state index contributed by atoms with van der Waals surface area (Å²) in [6.07, 6.45) is 0. The van der Waals surface area contributed by atoms with E-state index in [-0.39, 0.29) is 0 Å². The molecule has 1 aromatic carbocycles. The highest BCUT2D eigenvalue weighted by Gasteiger charge is 2.12. The molecular formula is C15H20N2S. The van der Waals surface area contributed by atoms with Crippen molar-refractivity contribution in [2.45, 2.75) is 33.0 Å². The van der Waals surface area contributed by atoms with Gasteiger partial charge in [-0.1, -0.05) is 18.2 Å². The van der Waals surface area contributed by atoms with Gasteiger partial charge in [0.05, 0.1) is 0 Å². The van der Waals surface area contributed by atoms with Crippen molar-refractivity contribution in [1.82, 2.24) is 4.90 Å². The summed E-state index contributed by atoms with van der Waals surface area (Å²) in [5, 5.41) is 4.34. The monoisotopic (exact) mass is 260 g/mol. The van der Waals surface area contributed by atoms with Crippen molar-refractivity contribution in [2.75, 3.05) is 5.73 Å². The number of nitrogen functional groups attached to an aromatic ring is 1. The molecule has 0 fully saturated rings. The second-order valence-electron chi connectivity index (χ2n) is 4.83. The number of hydrogen-bond acceptors (Lipinski definition) is 3. The number of rotatable bonds is 5. The van der Waals surface area contributed by atoms with Gasteiger partial charge in [0.1, 0.15) is 0 Å².